The number of amides is 2. The molecule has 0 fully saturated rings. The molecule has 0 aliphatic carbocycles. The van der Waals surface area contributed by atoms with E-state index < -0.39 is 0 Å². The number of rotatable bonds is 1. The van der Waals surface area contributed by atoms with Crippen LogP contribution in [0, 0.1) is 11.2 Å². The van der Waals surface area contributed by atoms with E-state index in [-0.39, 0.29) is 17.8 Å². The minimum Gasteiger partial charge on any atom is -0.341 e. The summed E-state index contributed by atoms with van der Waals surface area (Å²) in [5.74, 6) is -0.343. The second-order valence-corrected chi connectivity index (χ2v) is 3.47. The van der Waals surface area contributed by atoms with E-state index in [1.807, 2.05) is 0 Å². The second kappa shape index (κ2) is 5.29. The smallest absolute Gasteiger partial charge is 0.323 e. The van der Waals surface area contributed by atoms with Crippen LogP contribution in [0.5, 0.6) is 0 Å². The molecule has 0 aliphatic rings. The maximum atomic E-state index is 12.7. The Bertz CT molecular complexity index is 418. The van der Waals surface area contributed by atoms with Crippen molar-refractivity contribution in [3.63, 3.8) is 0 Å². The van der Waals surface area contributed by atoms with Crippen molar-refractivity contribution in [1.82, 2.24) is 10.2 Å². The Morgan fingerprint density at radius 1 is 1.29 bits per heavy atom. The molecule has 0 spiro atoms. The van der Waals surface area contributed by atoms with E-state index in [1.54, 1.807) is 19.2 Å². The van der Waals surface area contributed by atoms with Crippen LogP contribution < -0.4 is 10.2 Å². The summed E-state index contributed by atoms with van der Waals surface area (Å²) in [6.07, 6.45) is 0. The molecule has 17 heavy (non-hydrogen) atoms. The highest BCUT2D eigenvalue weighted by Gasteiger charge is 2.16. The molecular weight excluding hydrogens is 223 g/mol. The average molecular weight is 238 g/mol. The summed E-state index contributed by atoms with van der Waals surface area (Å²) in [5, 5.41) is 10.2. The molecule has 0 saturated heterocycles. The molecule has 0 heterocycles. The normalized spacial score (nSPS) is 9.65. The Labute approximate surface area is 99.3 Å². The van der Waals surface area contributed by atoms with Crippen LogP contribution in [0.4, 0.5) is 14.9 Å². The van der Waals surface area contributed by atoms with Gasteiger partial charge in [-0.2, -0.15) is 0 Å². The number of urea groups is 1. The van der Waals surface area contributed by atoms with Gasteiger partial charge in [-0.1, -0.05) is 0 Å². The zero-order valence-electron chi connectivity index (χ0n) is 9.99. The largest absolute Gasteiger partial charge is 0.341 e. The van der Waals surface area contributed by atoms with Crippen molar-refractivity contribution < 1.29 is 9.18 Å². The van der Waals surface area contributed by atoms with Crippen LogP contribution in [0.25, 0.3) is 0 Å². The summed E-state index contributed by atoms with van der Waals surface area (Å²) in [5.41, 5.74) is 0.632. The number of guanidine groups is 1. The lowest BCUT2D eigenvalue weighted by Crippen LogP contribution is -2.46. The van der Waals surface area contributed by atoms with E-state index in [0.717, 1.165) is 4.90 Å². The Morgan fingerprint density at radius 3 is 2.29 bits per heavy atom. The first-order valence-corrected chi connectivity index (χ1v) is 5.00. The van der Waals surface area contributed by atoms with Gasteiger partial charge in [-0.25, -0.2) is 9.18 Å². The summed E-state index contributed by atoms with van der Waals surface area (Å²) >= 11 is 0. The van der Waals surface area contributed by atoms with Gasteiger partial charge in [-0.05, 0) is 24.3 Å². The molecule has 0 saturated carbocycles. The van der Waals surface area contributed by atoms with Crippen LogP contribution >= 0.6 is 0 Å². The summed E-state index contributed by atoms with van der Waals surface area (Å²) in [4.78, 5) is 14.0. The van der Waals surface area contributed by atoms with E-state index in [1.165, 1.54) is 31.1 Å². The van der Waals surface area contributed by atoms with E-state index in [0.29, 0.717) is 5.69 Å². The standard InChI is InChI=1S/C11H15FN4O/c1-14-11(17)16(3)10(13)15(2)9-6-4-8(12)5-7-9/h4-7,13H,1-3H3,(H,14,17). The summed E-state index contributed by atoms with van der Waals surface area (Å²) < 4.78 is 12.7. The molecule has 0 aromatic heterocycles. The number of nitrogens with one attached hydrogen (secondary N) is 2. The van der Waals surface area contributed by atoms with Crippen LogP contribution in [-0.4, -0.2) is 38.0 Å². The molecule has 6 heteroatoms. The van der Waals surface area contributed by atoms with E-state index in [4.69, 9.17) is 5.41 Å². The predicted molar refractivity (Wildman–Crippen MR) is 64.7 cm³/mol. The molecule has 1 aromatic carbocycles. The molecule has 2 N–H and O–H groups in total. The van der Waals surface area contributed by atoms with Crippen LogP contribution in [0.2, 0.25) is 0 Å². The van der Waals surface area contributed by atoms with Gasteiger partial charge in [0, 0.05) is 26.8 Å². The molecule has 1 rings (SSSR count). The summed E-state index contributed by atoms with van der Waals surface area (Å²) in [6, 6.07) is 5.31. The minimum atomic E-state index is -0.385. The second-order valence-electron chi connectivity index (χ2n) is 3.47. The van der Waals surface area contributed by atoms with Crippen LogP contribution in [0.3, 0.4) is 0 Å². The van der Waals surface area contributed by atoms with Crippen LogP contribution in [0.1, 0.15) is 0 Å². The molecule has 0 bridgehead atoms. The van der Waals surface area contributed by atoms with Gasteiger partial charge in [0.15, 0.2) is 0 Å². The topological polar surface area (TPSA) is 59.4 Å². The first-order valence-electron chi connectivity index (χ1n) is 5.00. The highest BCUT2D eigenvalue weighted by Crippen LogP contribution is 2.13. The maximum Gasteiger partial charge on any atom is 0.323 e. The fourth-order valence-electron chi connectivity index (χ4n) is 1.28. The van der Waals surface area contributed by atoms with Crippen LogP contribution in [0.15, 0.2) is 24.3 Å². The SMILES string of the molecule is CNC(=O)N(C)C(=N)N(C)c1ccc(F)cc1. The van der Waals surface area contributed by atoms with Gasteiger partial charge < -0.3 is 10.2 Å². The zero-order chi connectivity index (χ0) is 13.0. The Kier molecular flexibility index (Phi) is 4.03. The van der Waals surface area contributed by atoms with Crippen molar-refractivity contribution in [2.24, 2.45) is 0 Å². The lowest BCUT2D eigenvalue weighted by Gasteiger charge is -2.26. The van der Waals surface area contributed by atoms with Gasteiger partial charge in [0.25, 0.3) is 0 Å². The van der Waals surface area contributed by atoms with Gasteiger partial charge in [0.1, 0.15) is 5.82 Å². The summed E-state index contributed by atoms with van der Waals surface area (Å²) in [6.45, 7) is 0. The maximum absolute atomic E-state index is 12.7. The van der Waals surface area contributed by atoms with E-state index >= 15 is 0 Å². The lowest BCUT2D eigenvalue weighted by atomic mass is 10.3. The van der Waals surface area contributed by atoms with Crippen molar-refractivity contribution in [3.8, 4) is 0 Å². The van der Waals surface area contributed by atoms with Gasteiger partial charge in [0.2, 0.25) is 5.96 Å². The molecular formula is C11H15FN4O. The summed E-state index contributed by atoms with van der Waals surface area (Å²) in [7, 11) is 4.61. The highest BCUT2D eigenvalue weighted by molar-refractivity contribution is 6.02. The molecule has 0 unspecified atom stereocenters. The molecule has 1 aromatic rings. The van der Waals surface area contributed by atoms with Crippen molar-refractivity contribution in [3.05, 3.63) is 30.1 Å². The number of halogens is 1. The number of anilines is 1. The fourth-order valence-corrected chi connectivity index (χ4v) is 1.28. The third kappa shape index (κ3) is 2.93. The van der Waals surface area contributed by atoms with Crippen molar-refractivity contribution >= 4 is 17.7 Å². The Balaban J connectivity index is 2.83. The quantitative estimate of drug-likeness (QED) is 0.575. The molecule has 2 amide bonds. The zero-order valence-corrected chi connectivity index (χ0v) is 9.99. The first kappa shape index (κ1) is 13.0. The number of nitrogens with zero attached hydrogens (tertiary/aromatic N) is 2. The predicted octanol–water partition coefficient (Wildman–Crippen LogP) is 1.47. The number of benzene rings is 1. The fraction of sp³-hybridized carbons (Fsp3) is 0.273. The number of carbonyl (C=O) groups is 1. The highest BCUT2D eigenvalue weighted by atomic mass is 19.1. The third-order valence-electron chi connectivity index (χ3n) is 2.37. The van der Waals surface area contributed by atoms with Crippen LogP contribution in [-0.2, 0) is 0 Å². The molecule has 92 valence electrons. The minimum absolute atomic E-state index is 0.00374. The number of carbonyl (C=O) groups excluding carboxylic acids is 1. The van der Waals surface area contributed by atoms with E-state index in [9.17, 15) is 9.18 Å². The number of hydrogen-bond acceptors (Lipinski definition) is 2. The van der Waals surface area contributed by atoms with E-state index in [2.05, 4.69) is 5.32 Å². The van der Waals surface area contributed by atoms with Crippen molar-refractivity contribution in [2.45, 2.75) is 0 Å². The average Bonchev–Trinajstić information content (AvgIpc) is 2.36. The molecule has 0 atom stereocenters. The van der Waals surface area contributed by atoms with Crippen molar-refractivity contribution in [2.75, 3.05) is 26.0 Å². The Morgan fingerprint density at radius 2 is 1.82 bits per heavy atom. The van der Waals surface area contributed by atoms with Gasteiger partial charge >= 0.3 is 6.03 Å². The van der Waals surface area contributed by atoms with Gasteiger partial charge in [-0.3, -0.25) is 10.3 Å². The first-order chi connectivity index (χ1) is 7.97. The van der Waals surface area contributed by atoms with Gasteiger partial charge in [0.05, 0.1) is 0 Å². The molecule has 5 nitrogen and oxygen atoms in total. The van der Waals surface area contributed by atoms with Gasteiger partial charge in [-0.15, -0.1) is 0 Å². The molecule has 0 radical (unpaired) electrons. The monoisotopic (exact) mass is 238 g/mol. The van der Waals surface area contributed by atoms with Crippen molar-refractivity contribution in [1.29, 1.82) is 5.41 Å². The number of hydrogen-bond donors (Lipinski definition) is 2. The lowest BCUT2D eigenvalue weighted by molar-refractivity contribution is 0.228. The Hall–Kier alpha value is -2.11. The molecule has 0 aliphatic heterocycles. The third-order valence-corrected chi connectivity index (χ3v) is 2.37.